The first-order valence-corrected chi connectivity index (χ1v) is 8.70. The van der Waals surface area contributed by atoms with E-state index in [-0.39, 0.29) is 11.5 Å². The minimum atomic E-state index is -0.0558. The summed E-state index contributed by atoms with van der Waals surface area (Å²) >= 11 is 0. The normalized spacial score (nSPS) is 11.5. The number of benzene rings is 2. The Morgan fingerprint density at radius 2 is 1.68 bits per heavy atom. The summed E-state index contributed by atoms with van der Waals surface area (Å²) in [5, 5.41) is 29.1. The summed E-state index contributed by atoms with van der Waals surface area (Å²) in [4.78, 5) is 9.07. The number of aromatic hydroxyl groups is 2. The van der Waals surface area contributed by atoms with Crippen molar-refractivity contribution in [3.8, 4) is 28.6 Å². The second-order valence-electron chi connectivity index (χ2n) is 6.75. The average molecular weight is 372 g/mol. The number of hydrogen-bond acceptors (Lipinski definition) is 6. The van der Waals surface area contributed by atoms with Crippen molar-refractivity contribution in [1.29, 1.82) is 0 Å². The van der Waals surface area contributed by atoms with Crippen molar-refractivity contribution in [3.05, 3.63) is 60.0 Å². The lowest BCUT2D eigenvalue weighted by Crippen LogP contribution is -1.99. The molecule has 0 bridgehead atoms. The number of rotatable bonds is 2. The van der Waals surface area contributed by atoms with E-state index in [2.05, 4.69) is 46.1 Å². The second-order valence-corrected chi connectivity index (χ2v) is 6.75. The second kappa shape index (κ2) is 5.78. The predicted molar refractivity (Wildman–Crippen MR) is 104 cm³/mol. The molecule has 2 aromatic carbocycles. The molecule has 0 atom stereocenters. The molecule has 0 aliphatic carbocycles. The molecule has 0 saturated heterocycles. The highest BCUT2D eigenvalue weighted by Crippen LogP contribution is 2.28. The van der Waals surface area contributed by atoms with Crippen LogP contribution in [0.15, 0.2) is 48.9 Å². The number of phenols is 2. The van der Waals surface area contributed by atoms with Crippen molar-refractivity contribution >= 4 is 16.7 Å². The van der Waals surface area contributed by atoms with E-state index in [0.29, 0.717) is 22.7 Å². The average Bonchev–Trinajstić information content (AvgIpc) is 3.26. The van der Waals surface area contributed by atoms with Gasteiger partial charge in [-0.15, -0.1) is 5.10 Å². The molecule has 0 spiro atoms. The van der Waals surface area contributed by atoms with Gasteiger partial charge in [0.25, 0.3) is 0 Å². The Morgan fingerprint density at radius 1 is 0.893 bits per heavy atom. The number of aromatic nitrogens is 6. The molecule has 0 radical (unpaired) electrons. The van der Waals surface area contributed by atoms with Gasteiger partial charge in [0.2, 0.25) is 0 Å². The lowest BCUT2D eigenvalue weighted by molar-refractivity contribution is 0.451. The Morgan fingerprint density at radius 3 is 2.43 bits per heavy atom. The van der Waals surface area contributed by atoms with Crippen LogP contribution < -0.4 is 0 Å². The Bertz CT molecular complexity index is 1350. The van der Waals surface area contributed by atoms with Gasteiger partial charge >= 0.3 is 0 Å². The fraction of sp³-hybridized carbons (Fsp3) is 0.100. The molecular weight excluding hydrogens is 356 g/mol. The van der Waals surface area contributed by atoms with E-state index < -0.39 is 0 Å². The lowest BCUT2D eigenvalue weighted by atomic mass is 10.1. The van der Waals surface area contributed by atoms with Gasteiger partial charge in [-0.05, 0) is 49.2 Å². The van der Waals surface area contributed by atoms with Crippen molar-refractivity contribution in [1.82, 2.24) is 29.4 Å². The first-order chi connectivity index (χ1) is 13.5. The van der Waals surface area contributed by atoms with Crippen LogP contribution in [0.2, 0.25) is 0 Å². The van der Waals surface area contributed by atoms with Crippen molar-refractivity contribution in [2.75, 3.05) is 0 Å². The van der Waals surface area contributed by atoms with Gasteiger partial charge in [-0.1, -0.05) is 6.07 Å². The third-order valence-electron chi connectivity index (χ3n) is 4.80. The molecule has 0 unspecified atom stereocenters. The van der Waals surface area contributed by atoms with E-state index >= 15 is 0 Å². The molecule has 0 aliphatic heterocycles. The molecular formula is C20H16N6O2. The highest BCUT2D eigenvalue weighted by molar-refractivity contribution is 5.90. The van der Waals surface area contributed by atoms with Crippen LogP contribution in [0.1, 0.15) is 11.1 Å². The lowest BCUT2D eigenvalue weighted by Gasteiger charge is -2.06. The van der Waals surface area contributed by atoms with Crippen LogP contribution in [0, 0.1) is 13.8 Å². The molecule has 138 valence electrons. The van der Waals surface area contributed by atoms with Crippen LogP contribution in [-0.2, 0) is 0 Å². The van der Waals surface area contributed by atoms with Crippen LogP contribution in [0.4, 0.5) is 0 Å². The van der Waals surface area contributed by atoms with Crippen LogP contribution >= 0.6 is 0 Å². The Kier molecular flexibility index (Phi) is 3.35. The molecule has 0 aliphatic rings. The number of hydrogen-bond donors (Lipinski definition) is 2. The number of fused-ring (bicyclic) bond motifs is 3. The fourth-order valence-electron chi connectivity index (χ4n) is 3.21. The van der Waals surface area contributed by atoms with Gasteiger partial charge in [-0.25, -0.2) is 19.2 Å². The number of aryl methyl sites for hydroxylation is 2. The zero-order valence-electron chi connectivity index (χ0n) is 15.2. The Balaban J connectivity index is 1.69. The molecule has 5 aromatic rings. The van der Waals surface area contributed by atoms with Crippen molar-refractivity contribution in [3.63, 3.8) is 0 Å². The van der Waals surface area contributed by atoms with Gasteiger partial charge in [0.15, 0.2) is 17.1 Å². The van der Waals surface area contributed by atoms with Gasteiger partial charge in [-0.3, -0.25) is 0 Å². The van der Waals surface area contributed by atoms with Crippen LogP contribution in [0.25, 0.3) is 33.8 Å². The summed E-state index contributed by atoms with van der Waals surface area (Å²) < 4.78 is 3.33. The SMILES string of the molecule is Cc1ccc(-n2ncc3c2ncn2nc(-c4cc(O)cc(O)c4)nc32)cc1C. The molecule has 2 N–H and O–H groups in total. The molecule has 5 rings (SSSR count). The van der Waals surface area contributed by atoms with Crippen LogP contribution in [0.3, 0.4) is 0 Å². The quantitative estimate of drug-likeness (QED) is 0.494. The number of phenolic OH excluding ortho intramolecular Hbond substituents is 2. The first-order valence-electron chi connectivity index (χ1n) is 8.70. The zero-order chi connectivity index (χ0) is 19.4. The number of nitrogens with zero attached hydrogens (tertiary/aromatic N) is 6. The summed E-state index contributed by atoms with van der Waals surface area (Å²) in [6, 6.07) is 10.4. The minimum Gasteiger partial charge on any atom is -0.508 e. The Labute approximate surface area is 159 Å². The first kappa shape index (κ1) is 16.2. The third kappa shape index (κ3) is 2.46. The zero-order valence-corrected chi connectivity index (χ0v) is 15.2. The minimum absolute atomic E-state index is 0.0558. The molecule has 8 heteroatoms. The standard InChI is InChI=1S/C20H16N6O2/c1-11-3-4-14(5-12(11)2)26-19-17(9-22-26)20-23-18(24-25(20)10-21-19)13-6-15(27)8-16(28)7-13/h3-10,27-28H,1-2H3. The van der Waals surface area contributed by atoms with Crippen LogP contribution in [-0.4, -0.2) is 39.6 Å². The van der Waals surface area contributed by atoms with E-state index in [1.165, 1.54) is 29.3 Å². The predicted octanol–water partition coefficient (Wildman–Crippen LogP) is 3.16. The summed E-state index contributed by atoms with van der Waals surface area (Å²) in [5.41, 5.74) is 5.09. The summed E-state index contributed by atoms with van der Waals surface area (Å²) in [5.74, 6) is 0.263. The fourth-order valence-corrected chi connectivity index (χ4v) is 3.21. The maximum atomic E-state index is 9.73. The monoisotopic (exact) mass is 372 g/mol. The maximum absolute atomic E-state index is 9.73. The van der Waals surface area contributed by atoms with Gasteiger partial charge in [0.05, 0.1) is 17.3 Å². The third-order valence-corrected chi connectivity index (χ3v) is 4.80. The molecule has 28 heavy (non-hydrogen) atoms. The summed E-state index contributed by atoms with van der Waals surface area (Å²) in [7, 11) is 0. The van der Waals surface area contributed by atoms with Crippen molar-refractivity contribution in [2.45, 2.75) is 13.8 Å². The van der Waals surface area contributed by atoms with Gasteiger partial charge in [-0.2, -0.15) is 5.10 Å². The largest absolute Gasteiger partial charge is 0.508 e. The topological polar surface area (TPSA) is 101 Å². The highest BCUT2D eigenvalue weighted by atomic mass is 16.3. The van der Waals surface area contributed by atoms with Crippen molar-refractivity contribution < 1.29 is 10.2 Å². The Hall–Kier alpha value is -3.94. The summed E-state index contributed by atoms with van der Waals surface area (Å²) in [6.45, 7) is 4.13. The summed E-state index contributed by atoms with van der Waals surface area (Å²) in [6.07, 6.45) is 3.29. The van der Waals surface area contributed by atoms with E-state index in [4.69, 9.17) is 0 Å². The molecule has 0 amide bonds. The van der Waals surface area contributed by atoms with Crippen LogP contribution in [0.5, 0.6) is 11.5 Å². The van der Waals surface area contributed by atoms with E-state index in [9.17, 15) is 10.2 Å². The van der Waals surface area contributed by atoms with E-state index in [0.717, 1.165) is 11.1 Å². The van der Waals surface area contributed by atoms with Crippen molar-refractivity contribution in [2.24, 2.45) is 0 Å². The maximum Gasteiger partial charge on any atom is 0.182 e. The molecule has 3 heterocycles. The van der Waals surface area contributed by atoms with E-state index in [1.54, 1.807) is 21.7 Å². The smallest absolute Gasteiger partial charge is 0.182 e. The molecule has 3 aromatic heterocycles. The highest BCUT2D eigenvalue weighted by Gasteiger charge is 2.15. The molecule has 0 fully saturated rings. The van der Waals surface area contributed by atoms with Gasteiger partial charge in [0, 0.05) is 11.6 Å². The van der Waals surface area contributed by atoms with Gasteiger partial charge < -0.3 is 10.2 Å². The van der Waals surface area contributed by atoms with Gasteiger partial charge in [0.1, 0.15) is 17.8 Å². The van der Waals surface area contributed by atoms with E-state index in [1.807, 2.05) is 6.07 Å². The molecule has 8 nitrogen and oxygen atoms in total. The molecule has 0 saturated carbocycles.